The predicted molar refractivity (Wildman–Crippen MR) is 110 cm³/mol. The van der Waals surface area contributed by atoms with Crippen LogP contribution in [0.15, 0.2) is 48.5 Å². The van der Waals surface area contributed by atoms with Crippen LogP contribution >= 0.6 is 0 Å². The third-order valence-corrected chi connectivity index (χ3v) is 4.11. The van der Waals surface area contributed by atoms with Crippen LogP contribution in [0.2, 0.25) is 0 Å². The minimum atomic E-state index is -0.141. The lowest BCUT2D eigenvalue weighted by Gasteiger charge is -2.09. The first-order chi connectivity index (χ1) is 13.6. The van der Waals surface area contributed by atoms with Crippen molar-refractivity contribution in [3.8, 4) is 5.75 Å². The SMILES string of the molecule is CNC(=O)COCCCOc1ccc(NC(=O)CCc2ccc(C)cc2)cc1. The number of likely N-dealkylation sites (N-methyl/N-ethyl adjacent to an activating group) is 1. The van der Waals surface area contributed by atoms with Crippen LogP contribution in [-0.2, 0) is 20.7 Å². The lowest BCUT2D eigenvalue weighted by Crippen LogP contribution is -2.23. The maximum absolute atomic E-state index is 12.1. The molecule has 2 rings (SSSR count). The zero-order valence-electron chi connectivity index (χ0n) is 16.5. The summed E-state index contributed by atoms with van der Waals surface area (Å²) in [6.07, 6.45) is 1.85. The average molecular weight is 384 g/mol. The Balaban J connectivity index is 1.64. The van der Waals surface area contributed by atoms with E-state index in [9.17, 15) is 9.59 Å². The van der Waals surface area contributed by atoms with E-state index in [2.05, 4.69) is 34.9 Å². The Morgan fingerprint density at radius 3 is 2.32 bits per heavy atom. The van der Waals surface area contributed by atoms with Crippen LogP contribution in [-0.4, -0.2) is 38.7 Å². The van der Waals surface area contributed by atoms with Gasteiger partial charge in [0, 0.05) is 25.6 Å². The summed E-state index contributed by atoms with van der Waals surface area (Å²) in [4.78, 5) is 23.1. The second kappa shape index (κ2) is 11.8. The third-order valence-electron chi connectivity index (χ3n) is 4.11. The fraction of sp³-hybridized carbons (Fsp3) is 0.364. The fourth-order valence-corrected chi connectivity index (χ4v) is 2.46. The van der Waals surface area contributed by atoms with Crippen LogP contribution < -0.4 is 15.4 Å². The van der Waals surface area contributed by atoms with Crippen molar-refractivity contribution in [1.82, 2.24) is 5.32 Å². The first-order valence-corrected chi connectivity index (χ1v) is 9.43. The van der Waals surface area contributed by atoms with Crippen molar-refractivity contribution in [3.63, 3.8) is 0 Å². The highest BCUT2D eigenvalue weighted by Crippen LogP contribution is 2.16. The summed E-state index contributed by atoms with van der Waals surface area (Å²) < 4.78 is 10.8. The van der Waals surface area contributed by atoms with Gasteiger partial charge in [-0.1, -0.05) is 29.8 Å². The molecule has 0 saturated carbocycles. The Morgan fingerprint density at radius 2 is 1.64 bits per heavy atom. The molecule has 0 aliphatic carbocycles. The summed E-state index contributed by atoms with van der Waals surface area (Å²) in [6.45, 7) is 3.07. The number of nitrogens with one attached hydrogen (secondary N) is 2. The molecule has 0 heterocycles. The van der Waals surface area contributed by atoms with Gasteiger partial charge in [0.05, 0.1) is 13.2 Å². The number of hydrogen-bond acceptors (Lipinski definition) is 4. The van der Waals surface area contributed by atoms with Gasteiger partial charge in [0.15, 0.2) is 0 Å². The summed E-state index contributed by atoms with van der Waals surface area (Å²) in [5, 5.41) is 5.39. The molecule has 2 amide bonds. The van der Waals surface area contributed by atoms with E-state index in [0.29, 0.717) is 26.1 Å². The molecule has 2 N–H and O–H groups in total. The van der Waals surface area contributed by atoms with E-state index >= 15 is 0 Å². The number of amides is 2. The fourth-order valence-electron chi connectivity index (χ4n) is 2.46. The van der Waals surface area contributed by atoms with Crippen molar-refractivity contribution in [2.24, 2.45) is 0 Å². The van der Waals surface area contributed by atoms with Gasteiger partial charge in [-0.05, 0) is 43.2 Å². The lowest BCUT2D eigenvalue weighted by molar-refractivity contribution is -0.125. The summed E-state index contributed by atoms with van der Waals surface area (Å²) in [5.74, 6) is 0.573. The van der Waals surface area contributed by atoms with Crippen molar-refractivity contribution in [3.05, 3.63) is 59.7 Å². The zero-order chi connectivity index (χ0) is 20.2. The Morgan fingerprint density at radius 1 is 0.929 bits per heavy atom. The van der Waals surface area contributed by atoms with Gasteiger partial charge in [-0.3, -0.25) is 9.59 Å². The number of carbonyl (C=O) groups excluding carboxylic acids is 2. The Hall–Kier alpha value is -2.86. The minimum absolute atomic E-state index is 0.0116. The number of hydrogen-bond donors (Lipinski definition) is 2. The molecule has 0 aromatic heterocycles. The smallest absolute Gasteiger partial charge is 0.245 e. The molecule has 28 heavy (non-hydrogen) atoms. The summed E-state index contributed by atoms with van der Waals surface area (Å²) >= 11 is 0. The second-order valence-electron chi connectivity index (χ2n) is 6.49. The maximum atomic E-state index is 12.1. The molecule has 2 aromatic carbocycles. The molecule has 0 spiro atoms. The standard InChI is InChI=1S/C22H28N2O4/c1-17-4-6-18(7-5-17)8-13-21(25)24-19-9-11-20(12-10-19)28-15-3-14-27-16-22(26)23-2/h4-7,9-12H,3,8,13-16H2,1-2H3,(H,23,26)(H,24,25). The maximum Gasteiger partial charge on any atom is 0.245 e. The molecule has 0 unspecified atom stereocenters. The van der Waals surface area contributed by atoms with E-state index in [4.69, 9.17) is 9.47 Å². The third kappa shape index (κ3) is 8.22. The van der Waals surface area contributed by atoms with Gasteiger partial charge in [-0.15, -0.1) is 0 Å². The Kier molecular flexibility index (Phi) is 9.01. The van der Waals surface area contributed by atoms with Crippen LogP contribution in [0.3, 0.4) is 0 Å². The van der Waals surface area contributed by atoms with Crippen LogP contribution in [0, 0.1) is 6.92 Å². The Bertz CT molecular complexity index is 742. The molecule has 0 radical (unpaired) electrons. The van der Waals surface area contributed by atoms with Crippen LogP contribution in [0.4, 0.5) is 5.69 Å². The largest absolute Gasteiger partial charge is 0.494 e. The van der Waals surface area contributed by atoms with Crippen molar-refractivity contribution >= 4 is 17.5 Å². The van der Waals surface area contributed by atoms with Crippen LogP contribution in [0.5, 0.6) is 5.75 Å². The van der Waals surface area contributed by atoms with Gasteiger partial charge < -0.3 is 20.1 Å². The van der Waals surface area contributed by atoms with Crippen LogP contribution in [0.1, 0.15) is 24.0 Å². The minimum Gasteiger partial charge on any atom is -0.494 e. The lowest BCUT2D eigenvalue weighted by atomic mass is 10.1. The molecule has 0 aliphatic rings. The number of rotatable bonds is 11. The number of anilines is 1. The van der Waals surface area contributed by atoms with E-state index in [1.54, 1.807) is 7.05 Å². The number of benzene rings is 2. The predicted octanol–water partition coefficient (Wildman–Crippen LogP) is 3.10. The molecular weight excluding hydrogens is 356 g/mol. The number of ether oxygens (including phenoxy) is 2. The monoisotopic (exact) mass is 384 g/mol. The normalized spacial score (nSPS) is 10.4. The topological polar surface area (TPSA) is 76.7 Å². The summed E-state index contributed by atoms with van der Waals surface area (Å²) in [7, 11) is 1.57. The van der Waals surface area contributed by atoms with Crippen molar-refractivity contribution in [1.29, 1.82) is 0 Å². The highest BCUT2D eigenvalue weighted by molar-refractivity contribution is 5.90. The first-order valence-electron chi connectivity index (χ1n) is 9.43. The molecule has 2 aromatic rings. The van der Waals surface area contributed by atoms with Gasteiger partial charge in [0.25, 0.3) is 0 Å². The molecule has 0 atom stereocenters. The average Bonchev–Trinajstić information content (AvgIpc) is 2.71. The van der Waals surface area contributed by atoms with Crippen molar-refractivity contribution in [2.45, 2.75) is 26.2 Å². The van der Waals surface area contributed by atoms with Gasteiger partial charge in [0.1, 0.15) is 12.4 Å². The highest BCUT2D eigenvalue weighted by atomic mass is 16.5. The van der Waals surface area contributed by atoms with E-state index < -0.39 is 0 Å². The zero-order valence-corrected chi connectivity index (χ0v) is 16.5. The highest BCUT2D eigenvalue weighted by Gasteiger charge is 2.04. The molecule has 0 saturated heterocycles. The molecule has 0 aliphatic heterocycles. The second-order valence-corrected chi connectivity index (χ2v) is 6.49. The molecule has 6 nitrogen and oxygen atoms in total. The quantitative estimate of drug-likeness (QED) is 0.584. The molecule has 0 fully saturated rings. The van der Waals surface area contributed by atoms with Gasteiger partial charge in [-0.25, -0.2) is 0 Å². The van der Waals surface area contributed by atoms with Gasteiger partial charge >= 0.3 is 0 Å². The van der Waals surface area contributed by atoms with E-state index in [0.717, 1.165) is 23.4 Å². The van der Waals surface area contributed by atoms with Crippen molar-refractivity contribution < 1.29 is 19.1 Å². The van der Waals surface area contributed by atoms with Crippen LogP contribution in [0.25, 0.3) is 0 Å². The van der Waals surface area contributed by atoms with Gasteiger partial charge in [-0.2, -0.15) is 0 Å². The number of carbonyl (C=O) groups is 2. The summed E-state index contributed by atoms with van der Waals surface area (Å²) in [6, 6.07) is 15.5. The molecule has 150 valence electrons. The van der Waals surface area contributed by atoms with Gasteiger partial charge in [0.2, 0.25) is 11.8 Å². The van der Waals surface area contributed by atoms with E-state index in [1.165, 1.54) is 5.56 Å². The van der Waals surface area contributed by atoms with E-state index in [-0.39, 0.29) is 18.4 Å². The molecule has 6 heteroatoms. The molecular formula is C22H28N2O4. The first kappa shape index (κ1) is 21.4. The molecule has 0 bridgehead atoms. The number of aryl methyl sites for hydroxylation is 2. The summed E-state index contributed by atoms with van der Waals surface area (Å²) in [5.41, 5.74) is 3.12. The van der Waals surface area contributed by atoms with Crippen molar-refractivity contribution in [2.75, 3.05) is 32.2 Å². The Labute approximate surface area is 166 Å². The van der Waals surface area contributed by atoms with E-state index in [1.807, 2.05) is 31.2 Å².